The Labute approximate surface area is 379 Å². The summed E-state index contributed by atoms with van der Waals surface area (Å²) in [5, 5.41) is 7.86. The van der Waals surface area contributed by atoms with Gasteiger partial charge in [-0.1, -0.05) is 100.0 Å². The maximum absolute atomic E-state index is 14.7. The molecule has 4 aromatic carbocycles. The van der Waals surface area contributed by atoms with Gasteiger partial charge < -0.3 is 39.9 Å². The zero-order valence-corrected chi connectivity index (χ0v) is 37.7. The van der Waals surface area contributed by atoms with Crippen LogP contribution in [0.2, 0.25) is 0 Å². The molecule has 1 unspecified atom stereocenters. The second-order valence-electron chi connectivity index (χ2n) is 17.5. The zero-order chi connectivity index (χ0) is 45.6. The molecule has 0 spiro atoms. The van der Waals surface area contributed by atoms with E-state index in [4.69, 9.17) is 14.5 Å². The molecule has 1 saturated carbocycles. The summed E-state index contributed by atoms with van der Waals surface area (Å²) in [6.07, 6.45) is 8.91. The van der Waals surface area contributed by atoms with Crippen LogP contribution in [-0.4, -0.2) is 86.9 Å². The van der Waals surface area contributed by atoms with Crippen LogP contribution in [0.3, 0.4) is 0 Å². The van der Waals surface area contributed by atoms with Crippen molar-refractivity contribution in [1.29, 1.82) is 0 Å². The van der Waals surface area contributed by atoms with Gasteiger partial charge in [0.25, 0.3) is 0 Å². The van der Waals surface area contributed by atoms with E-state index >= 15 is 0 Å². The van der Waals surface area contributed by atoms with Crippen molar-refractivity contribution in [2.45, 2.75) is 77.5 Å². The first-order valence-corrected chi connectivity index (χ1v) is 22.6. The van der Waals surface area contributed by atoms with Crippen molar-refractivity contribution in [1.82, 2.24) is 40.4 Å². The van der Waals surface area contributed by atoms with Crippen molar-refractivity contribution in [3.63, 3.8) is 0 Å². The minimum atomic E-state index is -0.813. The molecule has 8 rings (SSSR count). The summed E-state index contributed by atoms with van der Waals surface area (Å²) < 4.78 is 10.0. The van der Waals surface area contributed by atoms with Crippen molar-refractivity contribution in [2.75, 3.05) is 27.3 Å². The first-order valence-electron chi connectivity index (χ1n) is 22.6. The van der Waals surface area contributed by atoms with E-state index in [0.717, 1.165) is 75.4 Å². The molecule has 0 bridgehead atoms. The Bertz CT molecular complexity index is 2670. The van der Waals surface area contributed by atoms with Gasteiger partial charge in [-0.05, 0) is 77.4 Å². The number of aromatic amines is 2. The summed E-state index contributed by atoms with van der Waals surface area (Å²) in [4.78, 5) is 73.8. The number of benzene rings is 4. The lowest BCUT2D eigenvalue weighted by atomic mass is 9.84. The third-order valence-electron chi connectivity index (χ3n) is 12.7. The van der Waals surface area contributed by atoms with Crippen LogP contribution in [0.15, 0.2) is 103 Å². The molecule has 4 atom stereocenters. The first-order chi connectivity index (χ1) is 31.5. The molecular weight excluding hydrogens is 821 g/mol. The maximum Gasteiger partial charge on any atom is 0.407 e. The van der Waals surface area contributed by atoms with Crippen LogP contribution >= 0.6 is 0 Å². The maximum atomic E-state index is 14.7. The summed E-state index contributed by atoms with van der Waals surface area (Å²) in [6, 6.07) is 26.4. The third-order valence-corrected chi connectivity index (χ3v) is 12.7. The number of hydrogen-bond donors (Lipinski definition) is 4. The molecule has 4 N–H and O–H groups in total. The van der Waals surface area contributed by atoms with Crippen LogP contribution in [0, 0.1) is 17.8 Å². The first kappa shape index (κ1) is 44.6. The molecule has 1 saturated heterocycles. The summed E-state index contributed by atoms with van der Waals surface area (Å²) >= 11 is 0. The number of nitrogens with one attached hydrogen (secondary N) is 4. The fraction of sp³-hybridized carbons (Fsp3) is 0.373. The molecule has 3 heterocycles. The van der Waals surface area contributed by atoms with Crippen LogP contribution in [0.1, 0.15) is 82.2 Å². The standard InChI is InChI=1S/C51H58N8O6/c1-6-24-58(49(61)44(31(2)3)57-51(63)65-5)30-43-52-28-41(53-43)34-17-15-33(16-18-34)37-19-21-39-38(27-37)20-22-40-46(39)55-47(54-40)42-26-32(23-25-64-4)29-59(42)50(62)45(35-11-8-7-9-12-35)56-48(60)36-13-10-14-36/h7-9,11-12,15-23,25,27-28,31-32,36,42,44-45H,6,10,13-14,24,26,29-30H2,1-5H3,(H,52,53)(H,54,55)(H,56,60)(H,57,63)/b25-23+/t32?,42-,44-,45+/m0/s1. The number of alkyl carbamates (subject to hydrolysis) is 1. The highest BCUT2D eigenvalue weighted by Gasteiger charge is 2.41. The molecule has 2 aliphatic rings. The lowest BCUT2D eigenvalue weighted by Gasteiger charge is -2.31. The van der Waals surface area contributed by atoms with Crippen LogP contribution in [0.5, 0.6) is 0 Å². The van der Waals surface area contributed by atoms with E-state index in [1.165, 1.54) is 7.11 Å². The highest BCUT2D eigenvalue weighted by molar-refractivity contribution is 6.05. The largest absolute Gasteiger partial charge is 0.505 e. The number of H-pyrrole nitrogens is 2. The van der Waals surface area contributed by atoms with Crippen molar-refractivity contribution in [3.8, 4) is 22.4 Å². The number of rotatable bonds is 16. The number of carbonyl (C=O) groups is 4. The van der Waals surface area contributed by atoms with Crippen molar-refractivity contribution in [3.05, 3.63) is 121 Å². The Morgan fingerprint density at radius 1 is 0.923 bits per heavy atom. The molecule has 1 aliphatic heterocycles. The van der Waals surface area contributed by atoms with Gasteiger partial charge in [-0.2, -0.15) is 0 Å². The quantitative estimate of drug-likeness (QED) is 0.0700. The summed E-state index contributed by atoms with van der Waals surface area (Å²) in [5.74, 6) is 0.776. The third kappa shape index (κ3) is 9.76. The Morgan fingerprint density at radius 3 is 2.37 bits per heavy atom. The number of ether oxygens (including phenoxy) is 2. The van der Waals surface area contributed by atoms with Crippen LogP contribution in [-0.2, 0) is 30.4 Å². The number of hydrogen-bond acceptors (Lipinski definition) is 8. The van der Waals surface area contributed by atoms with Gasteiger partial charge in [0.15, 0.2) is 0 Å². The van der Waals surface area contributed by atoms with Gasteiger partial charge in [-0.15, -0.1) is 0 Å². The summed E-state index contributed by atoms with van der Waals surface area (Å²) in [5.41, 5.74) is 6.35. The van der Waals surface area contributed by atoms with Gasteiger partial charge >= 0.3 is 6.09 Å². The summed E-state index contributed by atoms with van der Waals surface area (Å²) in [6.45, 7) is 7.03. The fourth-order valence-corrected chi connectivity index (χ4v) is 8.94. The molecule has 2 aromatic heterocycles. The van der Waals surface area contributed by atoms with E-state index in [9.17, 15) is 19.2 Å². The number of fused-ring (bicyclic) bond motifs is 3. The predicted octanol–water partition coefficient (Wildman–Crippen LogP) is 8.60. The van der Waals surface area contributed by atoms with E-state index in [1.54, 1.807) is 24.5 Å². The fourth-order valence-electron chi connectivity index (χ4n) is 8.94. The number of carbonyl (C=O) groups excluding carboxylic acids is 4. The molecule has 1 aliphatic carbocycles. The molecule has 4 amide bonds. The predicted molar refractivity (Wildman–Crippen MR) is 250 cm³/mol. The topological polar surface area (TPSA) is 175 Å². The van der Waals surface area contributed by atoms with Gasteiger partial charge in [0.2, 0.25) is 17.7 Å². The molecule has 65 heavy (non-hydrogen) atoms. The number of amides is 4. The number of imidazole rings is 2. The van der Waals surface area contributed by atoms with Gasteiger partial charge in [0, 0.05) is 30.3 Å². The number of likely N-dealkylation sites (tertiary alicyclic amines) is 1. The highest BCUT2D eigenvalue weighted by Crippen LogP contribution is 2.39. The Morgan fingerprint density at radius 2 is 1.68 bits per heavy atom. The Kier molecular flexibility index (Phi) is 13.6. The SMILES string of the molecule is CCCN(Cc1ncc(-c2ccc(-c3ccc4c(ccc5nc([C@@H]6CC(/C=C/OC)CN6C(=O)[C@H](NC(=O)C6CCC6)c6ccccc6)[nH]c54)c3)cc2)[nH]1)C(=O)[C@@H](NC(=O)OC)C(C)C. The normalized spacial score (nSPS) is 17.3. The molecule has 2 fully saturated rings. The van der Waals surface area contributed by atoms with Gasteiger partial charge in [0.1, 0.15) is 23.7 Å². The Hall–Kier alpha value is -6.96. The van der Waals surface area contributed by atoms with E-state index < -0.39 is 18.2 Å². The molecular formula is C51H58N8O6. The average molecular weight is 879 g/mol. The summed E-state index contributed by atoms with van der Waals surface area (Å²) in [7, 11) is 2.90. The van der Waals surface area contributed by atoms with Crippen molar-refractivity contribution in [2.24, 2.45) is 17.8 Å². The molecule has 338 valence electrons. The minimum Gasteiger partial charge on any atom is -0.505 e. The van der Waals surface area contributed by atoms with Crippen LogP contribution in [0.25, 0.3) is 44.2 Å². The molecule has 14 nitrogen and oxygen atoms in total. The zero-order valence-electron chi connectivity index (χ0n) is 37.7. The second kappa shape index (κ2) is 19.8. The lowest BCUT2D eigenvalue weighted by Crippen LogP contribution is -2.51. The van der Waals surface area contributed by atoms with E-state index in [1.807, 2.05) is 68.1 Å². The van der Waals surface area contributed by atoms with Gasteiger partial charge in [0.05, 0.1) is 56.0 Å². The Balaban J connectivity index is 1.01. The van der Waals surface area contributed by atoms with E-state index in [0.29, 0.717) is 31.2 Å². The van der Waals surface area contributed by atoms with Crippen LogP contribution < -0.4 is 10.6 Å². The van der Waals surface area contributed by atoms with Crippen molar-refractivity contribution >= 4 is 45.6 Å². The van der Waals surface area contributed by atoms with Gasteiger partial charge in [-0.25, -0.2) is 14.8 Å². The lowest BCUT2D eigenvalue weighted by molar-refractivity contribution is -0.139. The highest BCUT2D eigenvalue weighted by atomic mass is 16.5. The van der Waals surface area contributed by atoms with Crippen molar-refractivity contribution < 1.29 is 28.7 Å². The molecule has 6 aromatic rings. The van der Waals surface area contributed by atoms with E-state index in [2.05, 4.69) is 74.1 Å². The van der Waals surface area contributed by atoms with E-state index in [-0.39, 0.29) is 48.1 Å². The average Bonchev–Trinajstić information content (AvgIpc) is 4.07. The van der Waals surface area contributed by atoms with Gasteiger partial charge in [-0.3, -0.25) is 14.4 Å². The molecule has 14 heteroatoms. The number of methoxy groups -OCH3 is 2. The minimum absolute atomic E-state index is 0.0320. The molecule has 0 radical (unpaired) electrons. The number of nitrogens with zero attached hydrogens (tertiary/aromatic N) is 4. The second-order valence-corrected chi connectivity index (χ2v) is 17.5. The number of aromatic nitrogens is 4. The monoisotopic (exact) mass is 878 g/mol. The van der Waals surface area contributed by atoms with Crippen LogP contribution in [0.4, 0.5) is 4.79 Å². The smallest absolute Gasteiger partial charge is 0.407 e.